The van der Waals surface area contributed by atoms with E-state index in [2.05, 4.69) is 15.4 Å². The Labute approximate surface area is 175 Å². The van der Waals surface area contributed by atoms with Gasteiger partial charge in [-0.1, -0.05) is 29.8 Å². The number of para-hydroxylation sites is 1. The van der Waals surface area contributed by atoms with Crippen LogP contribution in [0.2, 0.25) is 0 Å². The van der Waals surface area contributed by atoms with Gasteiger partial charge in [-0.2, -0.15) is 0 Å². The number of anilines is 3. The third-order valence-electron chi connectivity index (χ3n) is 4.21. The first-order valence-electron chi connectivity index (χ1n) is 9.12. The zero-order chi connectivity index (χ0) is 21.7. The molecule has 3 N–H and O–H groups in total. The molecule has 0 saturated heterocycles. The second-order valence-electron chi connectivity index (χ2n) is 6.68. The maximum Gasteiger partial charge on any atom is 0.261 e. The molecule has 0 unspecified atom stereocenters. The summed E-state index contributed by atoms with van der Waals surface area (Å²) in [6, 6.07) is 19.4. The zero-order valence-electron chi connectivity index (χ0n) is 16.5. The number of carbonyl (C=O) groups is 2. The zero-order valence-corrected chi connectivity index (χ0v) is 17.3. The number of hydrogen-bond donors (Lipinski definition) is 3. The Balaban J connectivity index is 1.79. The molecule has 0 atom stereocenters. The number of rotatable bonds is 6. The van der Waals surface area contributed by atoms with Crippen LogP contribution in [0.4, 0.5) is 17.1 Å². The predicted molar refractivity (Wildman–Crippen MR) is 117 cm³/mol. The fraction of sp³-hybridized carbons (Fsp3) is 0.0909. The minimum absolute atomic E-state index is 0.108. The summed E-state index contributed by atoms with van der Waals surface area (Å²) in [5, 5.41) is 5.37. The minimum atomic E-state index is -3.85. The number of sulfonamides is 1. The molecule has 0 fully saturated rings. The van der Waals surface area contributed by atoms with Gasteiger partial charge >= 0.3 is 0 Å². The Morgan fingerprint density at radius 3 is 1.93 bits per heavy atom. The van der Waals surface area contributed by atoms with Gasteiger partial charge in [0.05, 0.1) is 16.1 Å². The summed E-state index contributed by atoms with van der Waals surface area (Å²) in [6.07, 6.45) is 0. The first-order valence-corrected chi connectivity index (χ1v) is 10.6. The van der Waals surface area contributed by atoms with Gasteiger partial charge in [0, 0.05) is 18.3 Å². The Morgan fingerprint density at radius 2 is 1.33 bits per heavy atom. The highest BCUT2D eigenvalue weighted by Crippen LogP contribution is 2.22. The third-order valence-corrected chi connectivity index (χ3v) is 5.59. The van der Waals surface area contributed by atoms with E-state index >= 15 is 0 Å². The maximum absolute atomic E-state index is 12.7. The molecule has 3 aromatic rings. The second-order valence-corrected chi connectivity index (χ2v) is 8.36. The van der Waals surface area contributed by atoms with E-state index in [0.29, 0.717) is 11.4 Å². The topological polar surface area (TPSA) is 104 Å². The van der Waals surface area contributed by atoms with Crippen molar-refractivity contribution >= 4 is 38.9 Å². The Kier molecular flexibility index (Phi) is 6.17. The first kappa shape index (κ1) is 21.1. The van der Waals surface area contributed by atoms with Crippen molar-refractivity contribution in [2.45, 2.75) is 18.7 Å². The van der Waals surface area contributed by atoms with Crippen LogP contribution in [-0.2, 0) is 14.8 Å². The van der Waals surface area contributed by atoms with E-state index in [1.807, 2.05) is 6.92 Å². The monoisotopic (exact) mass is 423 g/mol. The van der Waals surface area contributed by atoms with Crippen LogP contribution in [0.15, 0.2) is 77.7 Å². The summed E-state index contributed by atoms with van der Waals surface area (Å²) in [6.45, 7) is 3.27. The lowest BCUT2D eigenvalue weighted by molar-refractivity contribution is -0.114. The fourth-order valence-corrected chi connectivity index (χ4v) is 3.81. The van der Waals surface area contributed by atoms with Crippen molar-refractivity contribution in [3.63, 3.8) is 0 Å². The molecule has 0 bridgehead atoms. The van der Waals surface area contributed by atoms with Crippen LogP contribution in [-0.4, -0.2) is 20.2 Å². The summed E-state index contributed by atoms with van der Waals surface area (Å²) < 4.78 is 27.9. The Morgan fingerprint density at radius 1 is 0.767 bits per heavy atom. The predicted octanol–water partition coefficient (Wildman–Crippen LogP) is 4.01. The van der Waals surface area contributed by atoms with E-state index in [9.17, 15) is 18.0 Å². The molecule has 0 aromatic heterocycles. The molecule has 0 saturated carbocycles. The molecule has 7 nitrogen and oxygen atoms in total. The molecule has 30 heavy (non-hydrogen) atoms. The van der Waals surface area contributed by atoms with Gasteiger partial charge in [0.2, 0.25) is 5.91 Å². The van der Waals surface area contributed by atoms with Gasteiger partial charge in [-0.15, -0.1) is 0 Å². The molecule has 0 radical (unpaired) electrons. The van der Waals surface area contributed by atoms with Crippen molar-refractivity contribution in [3.8, 4) is 0 Å². The molecular weight excluding hydrogens is 402 g/mol. The molecule has 0 heterocycles. The Hall–Kier alpha value is -3.65. The molecule has 3 rings (SSSR count). The summed E-state index contributed by atoms with van der Waals surface area (Å²) >= 11 is 0. The molecule has 154 valence electrons. The Bertz CT molecular complexity index is 1170. The van der Waals surface area contributed by atoms with E-state index < -0.39 is 15.9 Å². The number of aryl methyl sites for hydroxylation is 1. The molecule has 0 aliphatic heterocycles. The number of hydrogen-bond acceptors (Lipinski definition) is 4. The van der Waals surface area contributed by atoms with Crippen molar-refractivity contribution in [2.75, 3.05) is 15.4 Å². The van der Waals surface area contributed by atoms with Gasteiger partial charge in [0.15, 0.2) is 0 Å². The smallest absolute Gasteiger partial charge is 0.261 e. The van der Waals surface area contributed by atoms with Crippen LogP contribution < -0.4 is 15.4 Å². The highest BCUT2D eigenvalue weighted by molar-refractivity contribution is 7.92. The molecule has 8 heteroatoms. The van der Waals surface area contributed by atoms with E-state index in [-0.39, 0.29) is 22.1 Å². The summed E-state index contributed by atoms with van der Waals surface area (Å²) in [5.74, 6) is -0.661. The summed E-state index contributed by atoms with van der Waals surface area (Å²) in [7, 11) is -3.85. The van der Waals surface area contributed by atoms with Gasteiger partial charge < -0.3 is 10.6 Å². The average molecular weight is 423 g/mol. The lowest BCUT2D eigenvalue weighted by Gasteiger charge is -2.13. The second kappa shape index (κ2) is 8.79. The lowest BCUT2D eigenvalue weighted by Crippen LogP contribution is -2.18. The van der Waals surface area contributed by atoms with Crippen molar-refractivity contribution in [3.05, 3.63) is 83.9 Å². The normalized spacial score (nSPS) is 10.9. The van der Waals surface area contributed by atoms with Gasteiger partial charge in [-0.05, 0) is 55.5 Å². The third kappa shape index (κ3) is 5.24. The van der Waals surface area contributed by atoms with Crippen LogP contribution >= 0.6 is 0 Å². The van der Waals surface area contributed by atoms with Crippen LogP contribution in [0, 0.1) is 6.92 Å². The maximum atomic E-state index is 12.7. The largest absolute Gasteiger partial charge is 0.326 e. The number of amides is 2. The number of nitrogens with one attached hydrogen (secondary N) is 3. The van der Waals surface area contributed by atoms with Gasteiger partial charge in [0.25, 0.3) is 15.9 Å². The van der Waals surface area contributed by atoms with Crippen molar-refractivity contribution in [2.24, 2.45) is 0 Å². The highest BCUT2D eigenvalue weighted by Gasteiger charge is 2.18. The fourth-order valence-electron chi connectivity index (χ4n) is 2.73. The molecule has 3 aromatic carbocycles. The lowest BCUT2D eigenvalue weighted by atomic mass is 10.1. The average Bonchev–Trinajstić information content (AvgIpc) is 2.69. The highest BCUT2D eigenvalue weighted by atomic mass is 32.2. The van der Waals surface area contributed by atoms with Crippen LogP contribution in [0.5, 0.6) is 0 Å². The standard InChI is InChI=1S/C22H21N3O4S/c1-15-7-13-19(14-8-15)30(28,29)25-21-6-4-3-5-20(21)22(27)24-18-11-9-17(10-12-18)23-16(2)26/h3-14,25H,1-2H3,(H,23,26)(H,24,27). The molecule has 0 aliphatic carbocycles. The van der Waals surface area contributed by atoms with Crippen LogP contribution in [0.25, 0.3) is 0 Å². The van der Waals surface area contributed by atoms with Gasteiger partial charge in [-0.25, -0.2) is 8.42 Å². The quantitative estimate of drug-likeness (QED) is 0.557. The molecular formula is C22H21N3O4S. The van der Waals surface area contributed by atoms with Gasteiger partial charge in [0.1, 0.15) is 0 Å². The summed E-state index contributed by atoms with van der Waals surface area (Å²) in [5.41, 5.74) is 2.40. The van der Waals surface area contributed by atoms with E-state index in [0.717, 1.165) is 5.56 Å². The van der Waals surface area contributed by atoms with E-state index in [4.69, 9.17) is 0 Å². The van der Waals surface area contributed by atoms with E-state index in [1.54, 1.807) is 48.5 Å². The van der Waals surface area contributed by atoms with Crippen molar-refractivity contribution in [1.29, 1.82) is 0 Å². The molecule has 2 amide bonds. The van der Waals surface area contributed by atoms with E-state index in [1.165, 1.54) is 31.2 Å². The molecule has 0 aliphatic rings. The molecule has 0 spiro atoms. The summed E-state index contributed by atoms with van der Waals surface area (Å²) in [4.78, 5) is 24.0. The van der Waals surface area contributed by atoms with Crippen LogP contribution in [0.1, 0.15) is 22.8 Å². The van der Waals surface area contributed by atoms with Crippen LogP contribution in [0.3, 0.4) is 0 Å². The number of carbonyl (C=O) groups excluding carboxylic acids is 2. The van der Waals surface area contributed by atoms with Crippen molar-refractivity contribution in [1.82, 2.24) is 0 Å². The first-order chi connectivity index (χ1) is 14.2. The minimum Gasteiger partial charge on any atom is -0.326 e. The van der Waals surface area contributed by atoms with Crippen molar-refractivity contribution < 1.29 is 18.0 Å². The SMILES string of the molecule is CC(=O)Nc1ccc(NC(=O)c2ccccc2NS(=O)(=O)c2ccc(C)cc2)cc1. The van der Waals surface area contributed by atoms with Gasteiger partial charge in [-0.3, -0.25) is 14.3 Å². The number of benzene rings is 3.